The number of thiazole rings is 1. The average Bonchev–Trinajstić information content (AvgIpc) is 2.97. The number of rotatable bonds is 4. The van der Waals surface area contributed by atoms with E-state index in [9.17, 15) is 9.90 Å². The van der Waals surface area contributed by atoms with Crippen LogP contribution in [-0.4, -0.2) is 57.6 Å². The lowest BCUT2D eigenvalue weighted by Gasteiger charge is -2.60. The van der Waals surface area contributed by atoms with Crippen LogP contribution in [0.1, 0.15) is 55.6 Å². The minimum atomic E-state index is -0.464. The summed E-state index contributed by atoms with van der Waals surface area (Å²) in [5.74, 6) is 1.63. The molecule has 1 saturated heterocycles. The second kappa shape index (κ2) is 6.53. The van der Waals surface area contributed by atoms with Gasteiger partial charge in [0.25, 0.3) is 0 Å². The van der Waals surface area contributed by atoms with Crippen LogP contribution in [-0.2, 0) is 11.3 Å². The third-order valence-electron chi connectivity index (χ3n) is 7.45. The molecule has 0 spiro atoms. The zero-order valence-corrected chi connectivity index (χ0v) is 17.1. The number of carbonyl (C=O) groups excluding carboxylic acids is 1. The zero-order chi connectivity index (χ0) is 18.6. The summed E-state index contributed by atoms with van der Waals surface area (Å²) in [6.07, 6.45) is 7.10. The lowest BCUT2D eigenvalue weighted by atomic mass is 9.47. The Labute approximate surface area is 165 Å². The molecule has 148 valence electrons. The number of nitrogens with zero attached hydrogens (tertiary/aromatic N) is 3. The molecule has 4 saturated carbocycles. The van der Waals surface area contributed by atoms with Crippen LogP contribution in [0, 0.1) is 24.2 Å². The van der Waals surface area contributed by atoms with Gasteiger partial charge in [-0.25, -0.2) is 4.98 Å². The molecule has 1 aromatic heterocycles. The van der Waals surface area contributed by atoms with Crippen molar-refractivity contribution in [3.63, 3.8) is 0 Å². The molecule has 0 aromatic carbocycles. The van der Waals surface area contributed by atoms with Crippen molar-refractivity contribution >= 4 is 17.2 Å². The lowest BCUT2D eigenvalue weighted by molar-refractivity contribution is -0.172. The van der Waals surface area contributed by atoms with Crippen molar-refractivity contribution in [2.75, 3.05) is 26.2 Å². The van der Waals surface area contributed by atoms with Gasteiger partial charge in [-0.1, -0.05) is 0 Å². The predicted octanol–water partition coefficient (Wildman–Crippen LogP) is 2.82. The number of hydrogen-bond donors (Lipinski definition) is 1. The Morgan fingerprint density at radius 3 is 2.52 bits per heavy atom. The van der Waals surface area contributed by atoms with Crippen molar-refractivity contribution in [3.05, 3.63) is 16.1 Å². The molecule has 2 atom stereocenters. The molecule has 4 bridgehead atoms. The third-order valence-corrected chi connectivity index (χ3v) is 8.28. The smallest absolute Gasteiger partial charge is 0.223 e. The molecule has 2 heterocycles. The summed E-state index contributed by atoms with van der Waals surface area (Å²) < 4.78 is 0. The van der Waals surface area contributed by atoms with Gasteiger partial charge in [0, 0.05) is 44.5 Å². The van der Waals surface area contributed by atoms with E-state index in [0.717, 1.165) is 62.7 Å². The van der Waals surface area contributed by atoms with E-state index in [4.69, 9.17) is 0 Å². The van der Waals surface area contributed by atoms with Crippen LogP contribution in [0.25, 0.3) is 0 Å². The van der Waals surface area contributed by atoms with E-state index in [1.54, 1.807) is 11.3 Å². The summed E-state index contributed by atoms with van der Waals surface area (Å²) in [6, 6.07) is 0. The first kappa shape index (κ1) is 18.1. The molecule has 0 radical (unpaired) electrons. The quantitative estimate of drug-likeness (QED) is 0.860. The summed E-state index contributed by atoms with van der Waals surface area (Å²) in [6.45, 7) is 6.47. The SMILES string of the molecule is Cc1nc(CN2CCN(C(=O)CC34CC5CC(CC(O)(C5)C3)C4)CC2)cs1. The van der Waals surface area contributed by atoms with E-state index < -0.39 is 5.60 Å². The fourth-order valence-electron chi connectivity index (χ4n) is 6.91. The molecular weight excluding hydrogens is 358 g/mol. The standard InChI is InChI=1S/C21H31N3O2S/c1-15-22-18(13-27-15)12-23-2-4-24(5-3-23)19(25)11-20-7-16-6-17(8-20)10-21(26,9-16)14-20/h13,16-17,26H,2-12,14H2,1H3. The van der Waals surface area contributed by atoms with Crippen LogP contribution in [0.2, 0.25) is 0 Å². The molecular formula is C21H31N3O2S. The topological polar surface area (TPSA) is 56.7 Å². The average molecular weight is 390 g/mol. The van der Waals surface area contributed by atoms with Gasteiger partial charge in [-0.15, -0.1) is 11.3 Å². The summed E-state index contributed by atoms with van der Waals surface area (Å²) in [5.41, 5.74) is 0.777. The van der Waals surface area contributed by atoms with Crippen LogP contribution in [0.4, 0.5) is 0 Å². The largest absolute Gasteiger partial charge is 0.390 e. The predicted molar refractivity (Wildman–Crippen MR) is 105 cm³/mol. The molecule has 1 N–H and O–H groups in total. The highest BCUT2D eigenvalue weighted by atomic mass is 32.1. The van der Waals surface area contributed by atoms with Crippen LogP contribution in [0.15, 0.2) is 5.38 Å². The Balaban J connectivity index is 1.17. The lowest BCUT2D eigenvalue weighted by Crippen LogP contribution is -2.57. The van der Waals surface area contributed by atoms with Gasteiger partial charge in [0.15, 0.2) is 0 Å². The van der Waals surface area contributed by atoms with E-state index in [2.05, 4.69) is 20.2 Å². The van der Waals surface area contributed by atoms with Gasteiger partial charge < -0.3 is 10.0 Å². The number of aryl methyl sites for hydroxylation is 1. The first-order chi connectivity index (χ1) is 12.9. The minimum absolute atomic E-state index is 0.0885. The molecule has 2 unspecified atom stereocenters. The summed E-state index contributed by atoms with van der Waals surface area (Å²) in [7, 11) is 0. The minimum Gasteiger partial charge on any atom is -0.390 e. The van der Waals surface area contributed by atoms with Gasteiger partial charge >= 0.3 is 0 Å². The van der Waals surface area contributed by atoms with E-state index in [1.807, 2.05) is 6.92 Å². The Bertz CT molecular complexity index is 711. The number of aromatic nitrogens is 1. The highest BCUT2D eigenvalue weighted by Crippen LogP contribution is 2.62. The number of carbonyl (C=O) groups is 1. The van der Waals surface area contributed by atoms with Crippen molar-refractivity contribution in [2.24, 2.45) is 17.3 Å². The van der Waals surface area contributed by atoms with E-state index in [1.165, 1.54) is 19.3 Å². The number of aliphatic hydroxyl groups is 1. The second-order valence-electron chi connectivity index (χ2n) is 9.88. The Kier molecular flexibility index (Phi) is 4.37. The third kappa shape index (κ3) is 3.56. The number of piperazine rings is 1. The monoisotopic (exact) mass is 389 g/mol. The maximum atomic E-state index is 13.1. The van der Waals surface area contributed by atoms with Crippen LogP contribution < -0.4 is 0 Å². The molecule has 5 aliphatic rings. The Hall–Kier alpha value is -0.980. The van der Waals surface area contributed by atoms with Gasteiger partial charge in [-0.2, -0.15) is 0 Å². The van der Waals surface area contributed by atoms with Crippen molar-refractivity contribution < 1.29 is 9.90 Å². The normalized spacial score (nSPS) is 38.5. The molecule has 1 aliphatic heterocycles. The molecule has 1 amide bonds. The number of amides is 1. The van der Waals surface area contributed by atoms with Gasteiger partial charge in [0.1, 0.15) is 0 Å². The summed E-state index contributed by atoms with van der Waals surface area (Å²) >= 11 is 1.71. The van der Waals surface area contributed by atoms with Crippen molar-refractivity contribution in [3.8, 4) is 0 Å². The second-order valence-corrected chi connectivity index (χ2v) is 10.9. The van der Waals surface area contributed by atoms with Gasteiger partial charge in [-0.05, 0) is 62.7 Å². The summed E-state index contributed by atoms with van der Waals surface area (Å²) in [5, 5.41) is 14.2. The first-order valence-corrected chi connectivity index (χ1v) is 11.4. The molecule has 5 fully saturated rings. The van der Waals surface area contributed by atoms with Gasteiger partial charge in [-0.3, -0.25) is 9.69 Å². The van der Waals surface area contributed by atoms with E-state index >= 15 is 0 Å². The first-order valence-electron chi connectivity index (χ1n) is 10.5. The molecule has 27 heavy (non-hydrogen) atoms. The molecule has 6 rings (SSSR count). The molecule has 5 nitrogen and oxygen atoms in total. The summed E-state index contributed by atoms with van der Waals surface area (Å²) in [4.78, 5) is 22.1. The number of hydrogen-bond acceptors (Lipinski definition) is 5. The van der Waals surface area contributed by atoms with Crippen LogP contribution in [0.3, 0.4) is 0 Å². The van der Waals surface area contributed by atoms with Crippen LogP contribution in [0.5, 0.6) is 0 Å². The highest BCUT2D eigenvalue weighted by molar-refractivity contribution is 7.09. The Morgan fingerprint density at radius 2 is 1.93 bits per heavy atom. The molecule has 6 heteroatoms. The maximum absolute atomic E-state index is 13.1. The molecule has 1 aromatic rings. The van der Waals surface area contributed by atoms with E-state index in [-0.39, 0.29) is 5.41 Å². The zero-order valence-electron chi connectivity index (χ0n) is 16.3. The fraction of sp³-hybridized carbons (Fsp3) is 0.810. The van der Waals surface area contributed by atoms with Gasteiger partial charge in [0.05, 0.1) is 16.3 Å². The van der Waals surface area contributed by atoms with Crippen molar-refractivity contribution in [2.45, 2.75) is 64.0 Å². The highest BCUT2D eigenvalue weighted by Gasteiger charge is 2.57. The van der Waals surface area contributed by atoms with Crippen LogP contribution >= 0.6 is 11.3 Å². The van der Waals surface area contributed by atoms with Crippen molar-refractivity contribution in [1.82, 2.24) is 14.8 Å². The fourth-order valence-corrected chi connectivity index (χ4v) is 7.51. The Morgan fingerprint density at radius 1 is 1.22 bits per heavy atom. The van der Waals surface area contributed by atoms with Crippen molar-refractivity contribution in [1.29, 1.82) is 0 Å². The maximum Gasteiger partial charge on any atom is 0.223 e. The van der Waals surface area contributed by atoms with E-state index in [0.29, 0.717) is 24.2 Å². The molecule has 4 aliphatic carbocycles. The van der Waals surface area contributed by atoms with Gasteiger partial charge in [0.2, 0.25) is 5.91 Å².